The third-order valence-corrected chi connectivity index (χ3v) is 8.19. The van der Waals surface area contributed by atoms with Gasteiger partial charge in [-0.05, 0) is 97.2 Å². The van der Waals surface area contributed by atoms with E-state index in [2.05, 4.69) is 48.5 Å². The lowest BCUT2D eigenvalue weighted by Crippen LogP contribution is -2.30. The first kappa shape index (κ1) is 28.7. The summed E-state index contributed by atoms with van der Waals surface area (Å²) in [5.74, 6) is -1.10. The second-order valence-electron chi connectivity index (χ2n) is 11.3. The van der Waals surface area contributed by atoms with Gasteiger partial charge in [-0.3, -0.25) is 19.2 Å². The SMILES string of the molecule is CC1=CC(=O)N(c2cccc(CCc3ccc(-c4ccc(CCc5cccc(N6C(=O)C=C(C)C6=O)c5)cc4)cc3)c2)C1=O. The zero-order chi connectivity index (χ0) is 30.8. The quantitative estimate of drug-likeness (QED) is 0.210. The fraction of sp³-hybridized carbons (Fsp3) is 0.158. The molecule has 2 heterocycles. The Labute approximate surface area is 256 Å². The normalized spacial score (nSPS) is 14.9. The average Bonchev–Trinajstić information content (AvgIpc) is 3.45. The second-order valence-corrected chi connectivity index (χ2v) is 11.3. The van der Waals surface area contributed by atoms with Crippen molar-refractivity contribution in [2.24, 2.45) is 0 Å². The molecule has 0 atom stereocenters. The fourth-order valence-corrected chi connectivity index (χ4v) is 5.67. The van der Waals surface area contributed by atoms with Gasteiger partial charge in [-0.1, -0.05) is 72.8 Å². The second kappa shape index (κ2) is 12.1. The van der Waals surface area contributed by atoms with E-state index in [1.54, 1.807) is 26.0 Å². The Hall–Kier alpha value is -5.36. The highest BCUT2D eigenvalue weighted by molar-refractivity contribution is 6.31. The summed E-state index contributed by atoms with van der Waals surface area (Å²) in [7, 11) is 0. The van der Waals surface area contributed by atoms with E-state index in [1.807, 2.05) is 36.4 Å². The number of carbonyl (C=O) groups is 4. The Morgan fingerprint density at radius 2 is 0.818 bits per heavy atom. The number of rotatable bonds is 9. The van der Waals surface area contributed by atoms with Crippen molar-refractivity contribution >= 4 is 35.0 Å². The molecule has 0 radical (unpaired) electrons. The van der Waals surface area contributed by atoms with Crippen LogP contribution in [0.5, 0.6) is 0 Å². The Morgan fingerprint density at radius 3 is 1.16 bits per heavy atom. The van der Waals surface area contributed by atoms with Crippen LogP contribution in [0, 0.1) is 0 Å². The summed E-state index contributed by atoms with van der Waals surface area (Å²) in [6.07, 6.45) is 6.06. The van der Waals surface area contributed by atoms with Crippen LogP contribution in [0.25, 0.3) is 11.1 Å². The first-order chi connectivity index (χ1) is 21.3. The van der Waals surface area contributed by atoms with Gasteiger partial charge in [-0.15, -0.1) is 0 Å². The Kier molecular flexibility index (Phi) is 7.90. The van der Waals surface area contributed by atoms with E-state index >= 15 is 0 Å². The van der Waals surface area contributed by atoms with Crippen molar-refractivity contribution in [1.82, 2.24) is 0 Å². The molecule has 0 saturated carbocycles. The minimum atomic E-state index is -0.290. The topological polar surface area (TPSA) is 74.8 Å². The van der Waals surface area contributed by atoms with Crippen molar-refractivity contribution in [2.75, 3.05) is 9.80 Å². The largest absolute Gasteiger partial charge is 0.269 e. The van der Waals surface area contributed by atoms with Gasteiger partial charge in [-0.25, -0.2) is 9.80 Å². The highest BCUT2D eigenvalue weighted by atomic mass is 16.2. The smallest absolute Gasteiger partial charge is 0.261 e. The maximum absolute atomic E-state index is 12.4. The monoisotopic (exact) mass is 580 g/mol. The van der Waals surface area contributed by atoms with Crippen LogP contribution in [0.2, 0.25) is 0 Å². The highest BCUT2D eigenvalue weighted by Gasteiger charge is 2.30. The van der Waals surface area contributed by atoms with E-state index in [9.17, 15) is 19.2 Å². The molecule has 2 aliphatic heterocycles. The van der Waals surface area contributed by atoms with Crippen LogP contribution in [-0.4, -0.2) is 23.6 Å². The van der Waals surface area contributed by atoms with E-state index in [1.165, 1.54) is 33.1 Å². The number of benzene rings is 4. The van der Waals surface area contributed by atoms with E-state index in [4.69, 9.17) is 0 Å². The lowest BCUT2D eigenvalue weighted by Gasteiger charge is -2.15. The van der Waals surface area contributed by atoms with Gasteiger partial charge in [0.2, 0.25) is 0 Å². The minimum absolute atomic E-state index is 0.260. The average molecular weight is 581 g/mol. The van der Waals surface area contributed by atoms with Crippen molar-refractivity contribution in [3.05, 3.63) is 143 Å². The van der Waals surface area contributed by atoms with Gasteiger partial charge in [0, 0.05) is 23.3 Å². The van der Waals surface area contributed by atoms with Crippen LogP contribution in [0.1, 0.15) is 36.1 Å². The van der Waals surface area contributed by atoms with Crippen LogP contribution in [0.4, 0.5) is 11.4 Å². The molecule has 4 amide bonds. The molecule has 6 heteroatoms. The summed E-state index contributed by atoms with van der Waals surface area (Å²) < 4.78 is 0. The van der Waals surface area contributed by atoms with Crippen molar-refractivity contribution in [2.45, 2.75) is 39.5 Å². The molecule has 0 unspecified atom stereocenters. The number of hydrogen-bond donors (Lipinski definition) is 0. The zero-order valence-electron chi connectivity index (χ0n) is 24.7. The van der Waals surface area contributed by atoms with Crippen molar-refractivity contribution in [1.29, 1.82) is 0 Å². The summed E-state index contributed by atoms with van der Waals surface area (Å²) in [5, 5.41) is 0. The van der Waals surface area contributed by atoms with E-state index in [0.717, 1.165) is 47.9 Å². The molecular weight excluding hydrogens is 548 g/mol. The van der Waals surface area contributed by atoms with Gasteiger partial charge in [0.25, 0.3) is 23.6 Å². The van der Waals surface area contributed by atoms with Crippen LogP contribution in [0.3, 0.4) is 0 Å². The standard InChI is InChI=1S/C38H32N2O4/c1-25-21-35(41)39(37(25)43)33-7-3-5-29(23-33)11-9-27-13-17-31(18-14-27)32-19-15-28(16-20-32)10-12-30-6-4-8-34(24-30)40-36(42)22-26(2)38(40)44/h3-8,13-24H,9-12H2,1-2H3. The molecule has 0 spiro atoms. The molecule has 6 nitrogen and oxygen atoms in total. The van der Waals surface area contributed by atoms with E-state index in [0.29, 0.717) is 22.5 Å². The molecule has 0 fully saturated rings. The molecule has 0 bridgehead atoms. The van der Waals surface area contributed by atoms with Gasteiger partial charge < -0.3 is 0 Å². The first-order valence-electron chi connectivity index (χ1n) is 14.8. The van der Waals surface area contributed by atoms with Crippen molar-refractivity contribution in [3.8, 4) is 11.1 Å². The lowest BCUT2D eigenvalue weighted by molar-refractivity contribution is -0.121. The Morgan fingerprint density at radius 1 is 0.455 bits per heavy atom. The van der Waals surface area contributed by atoms with E-state index in [-0.39, 0.29) is 23.6 Å². The summed E-state index contributed by atoms with van der Waals surface area (Å²) in [5.41, 5.74) is 9.01. The molecule has 218 valence electrons. The number of aryl methyl sites for hydroxylation is 4. The summed E-state index contributed by atoms with van der Waals surface area (Å²) >= 11 is 0. The fourth-order valence-electron chi connectivity index (χ4n) is 5.67. The molecule has 44 heavy (non-hydrogen) atoms. The number of nitrogens with zero attached hydrogens (tertiary/aromatic N) is 2. The maximum Gasteiger partial charge on any atom is 0.261 e. The Bertz CT molecular complexity index is 1710. The molecule has 4 aromatic carbocycles. The summed E-state index contributed by atoms with van der Waals surface area (Å²) in [6.45, 7) is 3.32. The van der Waals surface area contributed by atoms with Crippen LogP contribution < -0.4 is 9.80 Å². The van der Waals surface area contributed by atoms with Crippen molar-refractivity contribution in [3.63, 3.8) is 0 Å². The highest BCUT2D eigenvalue weighted by Crippen LogP contribution is 2.26. The molecule has 0 saturated heterocycles. The number of hydrogen-bond acceptors (Lipinski definition) is 4. The molecule has 4 aromatic rings. The maximum atomic E-state index is 12.4. The lowest BCUT2D eigenvalue weighted by atomic mass is 9.98. The number of imide groups is 2. The Balaban J connectivity index is 1.04. The van der Waals surface area contributed by atoms with Crippen LogP contribution >= 0.6 is 0 Å². The van der Waals surface area contributed by atoms with E-state index < -0.39 is 0 Å². The molecule has 2 aliphatic rings. The number of carbonyl (C=O) groups excluding carboxylic acids is 4. The summed E-state index contributed by atoms with van der Waals surface area (Å²) in [6, 6.07) is 32.4. The third kappa shape index (κ3) is 5.92. The third-order valence-electron chi connectivity index (χ3n) is 8.19. The molecule has 0 aliphatic carbocycles. The van der Waals surface area contributed by atoms with Crippen molar-refractivity contribution < 1.29 is 19.2 Å². The van der Waals surface area contributed by atoms with Gasteiger partial charge in [0.1, 0.15) is 0 Å². The van der Waals surface area contributed by atoms with Gasteiger partial charge in [0.15, 0.2) is 0 Å². The predicted molar refractivity (Wildman–Crippen MR) is 172 cm³/mol. The van der Waals surface area contributed by atoms with Gasteiger partial charge in [-0.2, -0.15) is 0 Å². The molecule has 6 rings (SSSR count). The minimum Gasteiger partial charge on any atom is -0.269 e. The summed E-state index contributed by atoms with van der Waals surface area (Å²) in [4.78, 5) is 51.6. The molecular formula is C38H32N2O4. The van der Waals surface area contributed by atoms with Crippen LogP contribution in [-0.2, 0) is 44.9 Å². The first-order valence-corrected chi connectivity index (χ1v) is 14.8. The number of amides is 4. The van der Waals surface area contributed by atoms with Gasteiger partial charge >= 0.3 is 0 Å². The zero-order valence-corrected chi connectivity index (χ0v) is 24.7. The van der Waals surface area contributed by atoms with Crippen LogP contribution in [0.15, 0.2) is 120 Å². The molecule has 0 aromatic heterocycles. The number of anilines is 2. The predicted octanol–water partition coefficient (Wildman–Crippen LogP) is 6.56. The molecule has 0 N–H and O–H groups in total. The van der Waals surface area contributed by atoms with Gasteiger partial charge in [0.05, 0.1) is 11.4 Å².